The standard InChI is InChI=1S/C33H42N6O2/c1-7-8-9-28-24(6)33(32(41)35-28,31-16-27-23(5)30(40)11-10-25(27)17-38(31)19-34)12-13-39-18-29(36-37-39)26-15-21(3)20(2)14-22(26)4/h7-9,14-15,18,23,25,27,30-31,40H,6,10-13,16-17H2,1-5H3,(H,35,41)/b8-7-,28-9+/t23-,25+,27-,30+,31+,33+/m1/s1. The summed E-state index contributed by atoms with van der Waals surface area (Å²) in [6.45, 7) is 15.8. The van der Waals surface area contributed by atoms with Crippen molar-refractivity contribution >= 4 is 5.91 Å². The summed E-state index contributed by atoms with van der Waals surface area (Å²) in [4.78, 5) is 15.9. The SMILES string of the molecule is C=C1/C(=C\C=C/C)NC(=O)[C@]1(CCn1cc(-c2cc(C)c(C)cc2C)nn1)[C@@H]1C[C@H]2[C@@H](CC[C@H](O)[C@@H]2C)CN1C#N. The highest BCUT2D eigenvalue weighted by Crippen LogP contribution is 2.52. The molecule has 2 aromatic rings. The van der Waals surface area contributed by atoms with Gasteiger partial charge in [0, 0.05) is 24.4 Å². The van der Waals surface area contributed by atoms with Gasteiger partial charge in [-0.25, -0.2) is 0 Å². The van der Waals surface area contributed by atoms with Gasteiger partial charge in [-0.15, -0.1) is 5.10 Å². The van der Waals surface area contributed by atoms with Gasteiger partial charge in [-0.05, 0) is 106 Å². The van der Waals surface area contributed by atoms with E-state index in [0.717, 1.165) is 29.7 Å². The largest absolute Gasteiger partial charge is 0.393 e. The summed E-state index contributed by atoms with van der Waals surface area (Å²) in [5.74, 6) is 0.552. The Morgan fingerprint density at radius 1 is 1.24 bits per heavy atom. The number of nitriles is 1. The zero-order valence-electron chi connectivity index (χ0n) is 24.9. The fourth-order valence-electron chi connectivity index (χ4n) is 7.42. The Morgan fingerprint density at radius 3 is 2.73 bits per heavy atom. The maximum absolute atomic E-state index is 14.0. The summed E-state index contributed by atoms with van der Waals surface area (Å²) in [7, 11) is 0. The Morgan fingerprint density at radius 2 is 2.00 bits per heavy atom. The number of nitrogens with zero attached hydrogens (tertiary/aromatic N) is 5. The second-order valence-electron chi connectivity index (χ2n) is 12.3. The van der Waals surface area contributed by atoms with Crippen molar-refractivity contribution in [1.29, 1.82) is 5.26 Å². The van der Waals surface area contributed by atoms with Crippen LogP contribution in [-0.4, -0.2) is 49.6 Å². The minimum absolute atomic E-state index is 0.115. The number of aliphatic hydroxyl groups excluding tert-OH is 1. The van der Waals surface area contributed by atoms with Crippen LogP contribution in [0, 0.1) is 55.4 Å². The van der Waals surface area contributed by atoms with E-state index in [2.05, 4.69) is 68.2 Å². The van der Waals surface area contributed by atoms with Gasteiger partial charge < -0.3 is 15.3 Å². The highest BCUT2D eigenvalue weighted by Gasteiger charge is 2.58. The van der Waals surface area contributed by atoms with Crippen LogP contribution < -0.4 is 5.32 Å². The number of allylic oxidation sites excluding steroid dienone is 4. The normalized spacial score (nSPS) is 31.0. The average Bonchev–Trinajstić information content (AvgIpc) is 3.52. The van der Waals surface area contributed by atoms with Crippen molar-refractivity contribution in [1.82, 2.24) is 25.2 Å². The predicted molar refractivity (Wildman–Crippen MR) is 159 cm³/mol. The number of aromatic nitrogens is 3. The van der Waals surface area contributed by atoms with Gasteiger partial charge in [-0.2, -0.15) is 5.26 Å². The smallest absolute Gasteiger partial charge is 0.237 e. The average molecular weight is 555 g/mol. The first-order valence-electron chi connectivity index (χ1n) is 14.8. The topological polar surface area (TPSA) is 107 Å². The molecular weight excluding hydrogens is 512 g/mol. The first-order valence-corrected chi connectivity index (χ1v) is 14.8. The van der Waals surface area contributed by atoms with Crippen LogP contribution in [0.25, 0.3) is 11.3 Å². The Hall–Kier alpha value is -3.70. The fraction of sp³-hybridized carbons (Fsp3) is 0.515. The Balaban J connectivity index is 1.50. The monoisotopic (exact) mass is 554 g/mol. The number of piperidine rings is 1. The van der Waals surface area contributed by atoms with Crippen LogP contribution in [0.4, 0.5) is 0 Å². The summed E-state index contributed by atoms with van der Waals surface area (Å²) in [6.07, 6.45) is 12.5. The van der Waals surface area contributed by atoms with E-state index in [9.17, 15) is 15.2 Å². The molecule has 3 aliphatic rings. The molecule has 2 aliphatic heterocycles. The van der Waals surface area contributed by atoms with E-state index in [1.807, 2.05) is 36.2 Å². The highest BCUT2D eigenvalue weighted by molar-refractivity contribution is 5.94. The van der Waals surface area contributed by atoms with Gasteiger partial charge in [-0.3, -0.25) is 9.48 Å². The number of hydrogen-bond acceptors (Lipinski definition) is 6. The molecule has 1 aliphatic carbocycles. The lowest BCUT2D eigenvalue weighted by Crippen LogP contribution is -2.58. The fourth-order valence-corrected chi connectivity index (χ4v) is 7.42. The van der Waals surface area contributed by atoms with Gasteiger partial charge in [0.25, 0.3) is 0 Å². The summed E-state index contributed by atoms with van der Waals surface area (Å²) < 4.78 is 1.80. The van der Waals surface area contributed by atoms with Crippen LogP contribution in [-0.2, 0) is 11.3 Å². The molecule has 0 radical (unpaired) electrons. The Labute approximate surface area is 243 Å². The van der Waals surface area contributed by atoms with E-state index in [0.29, 0.717) is 43.1 Å². The van der Waals surface area contributed by atoms with Crippen molar-refractivity contribution in [3.63, 3.8) is 0 Å². The van der Waals surface area contributed by atoms with E-state index < -0.39 is 5.41 Å². The molecule has 3 fully saturated rings. The van der Waals surface area contributed by atoms with Gasteiger partial charge in [0.15, 0.2) is 6.19 Å². The molecule has 0 spiro atoms. The second kappa shape index (κ2) is 11.3. The van der Waals surface area contributed by atoms with Gasteiger partial charge in [0.1, 0.15) is 5.69 Å². The van der Waals surface area contributed by atoms with Crippen molar-refractivity contribution < 1.29 is 9.90 Å². The number of fused-ring (bicyclic) bond motifs is 1. The van der Waals surface area contributed by atoms with E-state index in [-0.39, 0.29) is 29.9 Å². The van der Waals surface area contributed by atoms with Crippen molar-refractivity contribution in [3.05, 3.63) is 71.1 Å². The third-order valence-corrected chi connectivity index (χ3v) is 10.1. The van der Waals surface area contributed by atoms with Crippen LogP contribution in [0.2, 0.25) is 0 Å². The van der Waals surface area contributed by atoms with Crippen LogP contribution >= 0.6 is 0 Å². The summed E-state index contributed by atoms with van der Waals surface area (Å²) in [6, 6.07) is 3.95. The molecular formula is C33H42N6O2. The third kappa shape index (κ3) is 5.01. The number of carbonyl (C=O) groups is 1. The minimum atomic E-state index is -1.02. The molecule has 5 rings (SSSR count). The van der Waals surface area contributed by atoms with Crippen molar-refractivity contribution in [2.75, 3.05) is 6.54 Å². The molecule has 1 aromatic carbocycles. The lowest BCUT2D eigenvalue weighted by molar-refractivity contribution is -0.133. The third-order valence-electron chi connectivity index (χ3n) is 10.1. The van der Waals surface area contributed by atoms with Crippen LogP contribution in [0.5, 0.6) is 0 Å². The molecule has 41 heavy (non-hydrogen) atoms. The maximum atomic E-state index is 14.0. The van der Waals surface area contributed by atoms with Crippen molar-refractivity contribution in [3.8, 4) is 17.5 Å². The summed E-state index contributed by atoms with van der Waals surface area (Å²) >= 11 is 0. The maximum Gasteiger partial charge on any atom is 0.237 e. The molecule has 8 nitrogen and oxygen atoms in total. The number of carbonyl (C=O) groups excluding carboxylic acids is 1. The zero-order chi connectivity index (χ0) is 29.5. The quantitative estimate of drug-likeness (QED) is 0.488. The van der Waals surface area contributed by atoms with Crippen molar-refractivity contribution in [2.45, 2.75) is 79.0 Å². The number of nitrogens with one attached hydrogen (secondary N) is 1. The minimum Gasteiger partial charge on any atom is -0.393 e. The molecule has 3 heterocycles. The van der Waals surface area contributed by atoms with E-state index in [4.69, 9.17) is 0 Å². The Bertz CT molecular complexity index is 1450. The van der Waals surface area contributed by atoms with Crippen LogP contribution in [0.1, 0.15) is 56.2 Å². The van der Waals surface area contributed by atoms with E-state index in [1.54, 1.807) is 4.68 Å². The van der Waals surface area contributed by atoms with Gasteiger partial charge in [0.2, 0.25) is 5.91 Å². The number of hydrogen-bond donors (Lipinski definition) is 2. The highest BCUT2D eigenvalue weighted by atomic mass is 16.3. The molecule has 6 atom stereocenters. The second-order valence-corrected chi connectivity index (χ2v) is 12.3. The molecule has 0 unspecified atom stereocenters. The Kier molecular flexibility index (Phi) is 7.93. The first-order chi connectivity index (χ1) is 19.6. The number of aliphatic hydroxyl groups is 1. The number of benzene rings is 1. The molecule has 2 saturated heterocycles. The predicted octanol–water partition coefficient (Wildman–Crippen LogP) is 4.97. The van der Waals surface area contributed by atoms with E-state index >= 15 is 0 Å². The molecule has 0 bridgehead atoms. The summed E-state index contributed by atoms with van der Waals surface area (Å²) in [5.41, 5.74) is 5.81. The number of likely N-dealkylation sites (tertiary alicyclic amines) is 1. The lowest BCUT2D eigenvalue weighted by Gasteiger charge is -2.52. The molecule has 8 heteroatoms. The van der Waals surface area contributed by atoms with Gasteiger partial charge in [-0.1, -0.05) is 36.9 Å². The first kappa shape index (κ1) is 28.8. The van der Waals surface area contributed by atoms with Crippen LogP contribution in [0.15, 0.2) is 54.4 Å². The number of aryl methyl sites for hydroxylation is 4. The lowest BCUT2D eigenvalue weighted by atomic mass is 9.61. The van der Waals surface area contributed by atoms with Crippen LogP contribution in [0.3, 0.4) is 0 Å². The number of amides is 1. The van der Waals surface area contributed by atoms with Gasteiger partial charge in [0.05, 0.1) is 23.8 Å². The molecule has 2 N–H and O–H groups in total. The molecule has 1 amide bonds. The molecule has 216 valence electrons. The van der Waals surface area contributed by atoms with Gasteiger partial charge >= 0.3 is 0 Å². The van der Waals surface area contributed by atoms with Crippen molar-refractivity contribution in [2.24, 2.45) is 23.2 Å². The molecule has 1 saturated carbocycles. The van der Waals surface area contributed by atoms with E-state index in [1.165, 1.54) is 11.1 Å². The summed E-state index contributed by atoms with van der Waals surface area (Å²) in [5, 5.41) is 33.0. The number of rotatable bonds is 6. The molecule has 1 aromatic heterocycles. The zero-order valence-corrected chi connectivity index (χ0v) is 24.9.